The molecule has 1 N–H and O–H groups in total. The zero-order chi connectivity index (χ0) is 29.3. The Labute approximate surface area is 240 Å². The summed E-state index contributed by atoms with van der Waals surface area (Å²) in [6, 6.07) is 12.2. The van der Waals surface area contributed by atoms with Crippen LogP contribution in [0.4, 0.5) is 30.2 Å². The van der Waals surface area contributed by atoms with Crippen molar-refractivity contribution < 1.29 is 32.5 Å². The molecule has 218 valence electrons. The Bertz CT molecular complexity index is 1440. The molecular formula is C29H31F3N4O4S. The molecule has 2 atom stereocenters. The molecule has 1 saturated heterocycles. The highest BCUT2D eigenvalue weighted by molar-refractivity contribution is 7.10. The monoisotopic (exact) mass is 588 g/mol. The number of hydrogen-bond donors (Lipinski definition) is 1. The lowest BCUT2D eigenvalue weighted by Gasteiger charge is -2.47. The second kappa shape index (κ2) is 11.5. The van der Waals surface area contributed by atoms with Gasteiger partial charge in [-0.15, -0.1) is 11.3 Å². The predicted octanol–water partition coefficient (Wildman–Crippen LogP) is 6.41. The Morgan fingerprint density at radius 3 is 2.61 bits per heavy atom. The van der Waals surface area contributed by atoms with Crippen LogP contribution < -0.4 is 19.3 Å². The van der Waals surface area contributed by atoms with Crippen molar-refractivity contribution in [3.63, 3.8) is 0 Å². The van der Waals surface area contributed by atoms with Gasteiger partial charge in [0, 0.05) is 37.4 Å². The van der Waals surface area contributed by atoms with Gasteiger partial charge in [0.2, 0.25) is 5.96 Å². The Balaban J connectivity index is 1.59. The second-order valence-corrected chi connectivity index (χ2v) is 10.8. The number of carbonyl (C=O) groups is 1. The van der Waals surface area contributed by atoms with Gasteiger partial charge in [-0.3, -0.25) is 9.69 Å². The molecule has 2 aliphatic rings. The Hall–Kier alpha value is -3.93. The highest BCUT2D eigenvalue weighted by Crippen LogP contribution is 2.47. The van der Waals surface area contributed by atoms with Crippen molar-refractivity contribution in [3.05, 3.63) is 64.4 Å². The minimum Gasteiger partial charge on any atom is -0.497 e. The van der Waals surface area contributed by atoms with E-state index >= 15 is 0 Å². The first-order valence-corrected chi connectivity index (χ1v) is 14.1. The Kier molecular flexibility index (Phi) is 8.03. The lowest BCUT2D eigenvalue weighted by atomic mass is 10.0. The number of fused-ring (bicyclic) bond motifs is 1. The molecule has 5 rings (SSSR count). The smallest absolute Gasteiger partial charge is 0.416 e. The molecule has 0 radical (unpaired) electrons. The molecule has 12 heteroatoms. The molecule has 0 unspecified atom stereocenters. The molecular weight excluding hydrogens is 557 g/mol. The molecule has 41 heavy (non-hydrogen) atoms. The summed E-state index contributed by atoms with van der Waals surface area (Å²) in [7, 11) is 3.01. The van der Waals surface area contributed by atoms with Crippen LogP contribution in [-0.2, 0) is 11.0 Å². The first-order valence-electron chi connectivity index (χ1n) is 13.2. The van der Waals surface area contributed by atoms with Crippen LogP contribution in [-0.4, -0.2) is 61.8 Å². The molecule has 3 aromatic rings. The van der Waals surface area contributed by atoms with E-state index in [1.807, 2.05) is 40.6 Å². The van der Waals surface area contributed by atoms with E-state index in [1.165, 1.54) is 24.5 Å². The quantitative estimate of drug-likeness (QED) is 0.342. The van der Waals surface area contributed by atoms with Crippen LogP contribution in [0.5, 0.6) is 11.5 Å². The lowest BCUT2D eigenvalue weighted by molar-refractivity contribution is -0.138. The summed E-state index contributed by atoms with van der Waals surface area (Å²) in [6.45, 7) is 3.76. The van der Waals surface area contributed by atoms with Gasteiger partial charge in [-0.1, -0.05) is 13.0 Å². The zero-order valence-electron chi connectivity index (χ0n) is 22.9. The summed E-state index contributed by atoms with van der Waals surface area (Å²) in [5.41, 5.74) is 0.908. The van der Waals surface area contributed by atoms with Crippen LogP contribution in [0.15, 0.2) is 58.9 Å². The van der Waals surface area contributed by atoms with E-state index < -0.39 is 23.8 Å². The van der Waals surface area contributed by atoms with Crippen molar-refractivity contribution in [2.75, 3.05) is 43.7 Å². The lowest BCUT2D eigenvalue weighted by Crippen LogP contribution is -2.59. The number of anilines is 2. The third-order valence-electron chi connectivity index (χ3n) is 7.48. The van der Waals surface area contributed by atoms with Gasteiger partial charge in [-0.2, -0.15) is 13.2 Å². The van der Waals surface area contributed by atoms with Crippen LogP contribution >= 0.6 is 11.3 Å². The minimum absolute atomic E-state index is 0.0607. The molecule has 0 amide bonds. The van der Waals surface area contributed by atoms with Gasteiger partial charge in [-0.05, 0) is 48.2 Å². The van der Waals surface area contributed by atoms with Crippen LogP contribution in [0.25, 0.3) is 0 Å². The number of alkyl halides is 3. The molecule has 0 bridgehead atoms. The average molecular weight is 589 g/mol. The number of rotatable bonds is 7. The maximum Gasteiger partial charge on any atom is 0.416 e. The Morgan fingerprint density at radius 1 is 1.12 bits per heavy atom. The van der Waals surface area contributed by atoms with Gasteiger partial charge in [0.25, 0.3) is 0 Å². The van der Waals surface area contributed by atoms with E-state index in [2.05, 4.69) is 11.8 Å². The van der Waals surface area contributed by atoms with Gasteiger partial charge in [-0.25, -0.2) is 4.99 Å². The summed E-state index contributed by atoms with van der Waals surface area (Å²) in [6.07, 6.45) is -4.12. The molecule has 0 spiro atoms. The molecule has 1 aromatic heterocycles. The highest BCUT2D eigenvalue weighted by atomic mass is 32.1. The zero-order valence-corrected chi connectivity index (χ0v) is 23.7. The van der Waals surface area contributed by atoms with Gasteiger partial charge < -0.3 is 24.4 Å². The standard InChI is InChI=1S/C29H31F3N4O4S/c1-4-19-17-34(11-12-35(19)20-6-5-7-21(15-20)39-2)28-33-22-10-13-41-27(22)24(16-26(37)38)36(28)23-14-18(29(30,31)32)8-9-25(23)40-3/h5-10,13-15,19,24H,4,11-12,16-17H2,1-3H3,(H,37,38)/t19-,24-/m1/s1. The molecule has 2 aliphatic heterocycles. The summed E-state index contributed by atoms with van der Waals surface area (Å²) >= 11 is 1.34. The molecule has 3 heterocycles. The minimum atomic E-state index is -4.60. The fraction of sp³-hybridized carbons (Fsp3) is 0.379. The number of methoxy groups -OCH3 is 2. The summed E-state index contributed by atoms with van der Waals surface area (Å²) in [4.78, 5) is 23.6. The van der Waals surface area contributed by atoms with Crippen LogP contribution in [0.3, 0.4) is 0 Å². The number of hydrogen-bond acceptors (Lipinski definition) is 8. The molecule has 0 saturated carbocycles. The van der Waals surface area contributed by atoms with E-state index in [4.69, 9.17) is 14.5 Å². The van der Waals surface area contributed by atoms with E-state index in [-0.39, 0.29) is 23.9 Å². The molecule has 1 fully saturated rings. The van der Waals surface area contributed by atoms with Crippen molar-refractivity contribution in [3.8, 4) is 11.5 Å². The van der Waals surface area contributed by atoms with Crippen molar-refractivity contribution >= 4 is 40.3 Å². The van der Waals surface area contributed by atoms with E-state index in [0.29, 0.717) is 36.2 Å². The highest BCUT2D eigenvalue weighted by Gasteiger charge is 2.41. The van der Waals surface area contributed by atoms with Gasteiger partial charge in [0.15, 0.2) is 0 Å². The summed E-state index contributed by atoms with van der Waals surface area (Å²) in [5.74, 6) is 0.285. The predicted molar refractivity (Wildman–Crippen MR) is 153 cm³/mol. The molecule has 8 nitrogen and oxygen atoms in total. The van der Waals surface area contributed by atoms with Crippen molar-refractivity contribution in [2.45, 2.75) is 38.0 Å². The topological polar surface area (TPSA) is 77.8 Å². The number of benzene rings is 2. The summed E-state index contributed by atoms with van der Waals surface area (Å²) in [5, 5.41) is 11.7. The maximum absolute atomic E-state index is 13.9. The maximum atomic E-state index is 13.9. The van der Waals surface area contributed by atoms with Crippen LogP contribution in [0, 0.1) is 0 Å². The Morgan fingerprint density at radius 2 is 1.93 bits per heavy atom. The van der Waals surface area contributed by atoms with E-state index in [1.54, 1.807) is 12.0 Å². The van der Waals surface area contributed by atoms with Gasteiger partial charge in [0.1, 0.15) is 11.5 Å². The van der Waals surface area contributed by atoms with E-state index in [0.717, 1.165) is 30.0 Å². The number of ether oxygens (including phenoxy) is 2. The number of thiophene rings is 1. The number of aliphatic carboxylic acids is 1. The number of aliphatic imine (C=N–C) groups is 1. The largest absolute Gasteiger partial charge is 0.497 e. The summed E-state index contributed by atoms with van der Waals surface area (Å²) < 4.78 is 52.5. The third-order valence-corrected chi connectivity index (χ3v) is 8.49. The van der Waals surface area contributed by atoms with Crippen molar-refractivity contribution in [2.24, 2.45) is 4.99 Å². The molecule has 2 aromatic carbocycles. The fourth-order valence-electron chi connectivity index (χ4n) is 5.49. The number of guanidine groups is 1. The SMILES string of the molecule is CC[C@@H]1CN(C2=Nc3ccsc3[C@@H](CC(=O)O)N2c2cc(C(F)(F)F)ccc2OC)CCN1c1cccc(OC)c1. The third kappa shape index (κ3) is 5.65. The first-order chi connectivity index (χ1) is 19.6. The van der Waals surface area contributed by atoms with Gasteiger partial charge in [0.05, 0.1) is 48.5 Å². The average Bonchev–Trinajstić information content (AvgIpc) is 3.44. The van der Waals surface area contributed by atoms with Crippen LogP contribution in [0.1, 0.15) is 36.2 Å². The number of nitrogens with zero attached hydrogens (tertiary/aromatic N) is 4. The number of piperazine rings is 1. The normalized spacial score (nSPS) is 19.1. The van der Waals surface area contributed by atoms with Gasteiger partial charge >= 0.3 is 12.1 Å². The van der Waals surface area contributed by atoms with Crippen molar-refractivity contribution in [1.82, 2.24) is 4.90 Å². The first kappa shape index (κ1) is 28.6. The second-order valence-electron chi connectivity index (χ2n) is 9.85. The number of carboxylic acids is 1. The number of halogens is 3. The number of carboxylic acid groups (broad SMARTS) is 1. The van der Waals surface area contributed by atoms with Crippen molar-refractivity contribution in [1.29, 1.82) is 0 Å². The van der Waals surface area contributed by atoms with E-state index in [9.17, 15) is 23.1 Å². The fourth-order valence-corrected chi connectivity index (χ4v) is 6.42. The van der Waals surface area contributed by atoms with Crippen LogP contribution in [0.2, 0.25) is 0 Å². The molecule has 0 aliphatic carbocycles.